The molecule has 0 amide bonds. The van der Waals surface area contributed by atoms with Crippen LogP contribution in [0.2, 0.25) is 0 Å². The summed E-state index contributed by atoms with van der Waals surface area (Å²) in [5.41, 5.74) is 2.24. The standard InChI is InChI=1S/C14H14F2/c1-2-10-8-9-12(15)14(16)13(10)11-6-4-3-5-7-11/h3-4,6,8-9H,2,5,7H2,1H3. The van der Waals surface area contributed by atoms with Gasteiger partial charge in [0.15, 0.2) is 11.6 Å². The molecule has 2 rings (SSSR count). The van der Waals surface area contributed by atoms with Gasteiger partial charge < -0.3 is 0 Å². The van der Waals surface area contributed by atoms with Crippen molar-refractivity contribution < 1.29 is 8.78 Å². The van der Waals surface area contributed by atoms with Crippen molar-refractivity contribution in [1.82, 2.24) is 0 Å². The molecule has 0 bridgehead atoms. The molecule has 0 nitrogen and oxygen atoms in total. The second kappa shape index (κ2) is 4.60. The minimum absolute atomic E-state index is 0.465. The fraction of sp³-hybridized carbons (Fsp3) is 0.286. The van der Waals surface area contributed by atoms with Crippen LogP contribution in [0.3, 0.4) is 0 Å². The number of halogens is 2. The van der Waals surface area contributed by atoms with Gasteiger partial charge in [-0.25, -0.2) is 8.78 Å². The summed E-state index contributed by atoms with van der Waals surface area (Å²) in [6, 6.07) is 2.88. The predicted octanol–water partition coefficient (Wildman–Crippen LogP) is 4.26. The lowest BCUT2D eigenvalue weighted by Gasteiger charge is -2.14. The first-order valence-electron chi connectivity index (χ1n) is 5.57. The van der Waals surface area contributed by atoms with Crippen LogP contribution in [0.25, 0.3) is 5.57 Å². The van der Waals surface area contributed by atoms with E-state index >= 15 is 0 Å². The molecular formula is C14H14F2. The Balaban J connectivity index is 2.57. The van der Waals surface area contributed by atoms with Gasteiger partial charge in [-0.05, 0) is 36.5 Å². The Morgan fingerprint density at radius 2 is 2.06 bits per heavy atom. The van der Waals surface area contributed by atoms with Crippen LogP contribution in [0.1, 0.15) is 30.9 Å². The maximum Gasteiger partial charge on any atom is 0.166 e. The van der Waals surface area contributed by atoms with E-state index in [1.54, 1.807) is 6.07 Å². The number of aryl methyl sites for hydroxylation is 1. The summed E-state index contributed by atoms with van der Waals surface area (Å²) in [5.74, 6) is -1.47. The fourth-order valence-electron chi connectivity index (χ4n) is 2.04. The maximum atomic E-state index is 13.8. The van der Waals surface area contributed by atoms with Gasteiger partial charge in [-0.2, -0.15) is 0 Å². The topological polar surface area (TPSA) is 0 Å². The minimum Gasteiger partial charge on any atom is -0.204 e. The summed E-state index contributed by atoms with van der Waals surface area (Å²) >= 11 is 0. The number of hydrogen-bond donors (Lipinski definition) is 0. The molecule has 1 aliphatic rings. The zero-order chi connectivity index (χ0) is 11.5. The van der Waals surface area contributed by atoms with Crippen LogP contribution in [0, 0.1) is 11.6 Å². The van der Waals surface area contributed by atoms with Gasteiger partial charge in [-0.3, -0.25) is 0 Å². The van der Waals surface area contributed by atoms with Crippen molar-refractivity contribution in [3.8, 4) is 0 Å². The molecule has 1 aromatic carbocycles. The van der Waals surface area contributed by atoms with Crippen molar-refractivity contribution in [3.63, 3.8) is 0 Å². The Hall–Kier alpha value is -1.44. The molecule has 1 aliphatic carbocycles. The van der Waals surface area contributed by atoms with Crippen LogP contribution >= 0.6 is 0 Å². The fourth-order valence-corrected chi connectivity index (χ4v) is 2.04. The number of allylic oxidation sites excluding steroid dienone is 4. The van der Waals surface area contributed by atoms with Crippen molar-refractivity contribution in [1.29, 1.82) is 0 Å². The van der Waals surface area contributed by atoms with Gasteiger partial charge in [0.25, 0.3) is 0 Å². The smallest absolute Gasteiger partial charge is 0.166 e. The number of hydrogen-bond acceptors (Lipinski definition) is 0. The van der Waals surface area contributed by atoms with E-state index in [9.17, 15) is 8.78 Å². The summed E-state index contributed by atoms with van der Waals surface area (Å²) in [4.78, 5) is 0. The molecule has 0 heterocycles. The molecule has 84 valence electrons. The molecule has 1 aromatic rings. The monoisotopic (exact) mass is 220 g/mol. The van der Waals surface area contributed by atoms with E-state index in [-0.39, 0.29) is 0 Å². The van der Waals surface area contributed by atoms with E-state index in [4.69, 9.17) is 0 Å². The lowest BCUT2D eigenvalue weighted by molar-refractivity contribution is 0.504. The summed E-state index contributed by atoms with van der Waals surface area (Å²) in [6.45, 7) is 1.95. The third kappa shape index (κ3) is 1.92. The maximum absolute atomic E-state index is 13.8. The SMILES string of the molecule is CCc1ccc(F)c(F)c1C1=CC=CCC1. The van der Waals surface area contributed by atoms with Gasteiger partial charge in [0, 0.05) is 5.56 Å². The predicted molar refractivity (Wildman–Crippen MR) is 62.1 cm³/mol. The molecule has 0 unspecified atom stereocenters. The number of rotatable bonds is 2. The molecular weight excluding hydrogens is 206 g/mol. The van der Waals surface area contributed by atoms with Crippen LogP contribution in [0.15, 0.2) is 30.4 Å². The van der Waals surface area contributed by atoms with E-state index in [0.29, 0.717) is 12.0 Å². The van der Waals surface area contributed by atoms with Crippen LogP contribution < -0.4 is 0 Å². The van der Waals surface area contributed by atoms with Crippen LogP contribution in [0.4, 0.5) is 8.78 Å². The highest BCUT2D eigenvalue weighted by molar-refractivity contribution is 5.71. The minimum atomic E-state index is -0.761. The Bertz CT molecular complexity index is 456. The molecule has 0 saturated heterocycles. The zero-order valence-corrected chi connectivity index (χ0v) is 9.26. The van der Waals surface area contributed by atoms with Crippen LogP contribution in [-0.4, -0.2) is 0 Å². The van der Waals surface area contributed by atoms with E-state index in [1.807, 2.05) is 25.2 Å². The lowest BCUT2D eigenvalue weighted by Crippen LogP contribution is -2.01. The summed E-state index contributed by atoms with van der Waals surface area (Å²) < 4.78 is 27.0. The molecule has 0 atom stereocenters. The average molecular weight is 220 g/mol. The molecule has 0 aliphatic heterocycles. The number of benzene rings is 1. The molecule has 0 N–H and O–H groups in total. The van der Waals surface area contributed by atoms with Crippen molar-refractivity contribution in [2.75, 3.05) is 0 Å². The lowest BCUT2D eigenvalue weighted by atomic mass is 9.92. The Labute approximate surface area is 94.3 Å². The van der Waals surface area contributed by atoms with Gasteiger partial charge in [0.1, 0.15) is 0 Å². The zero-order valence-electron chi connectivity index (χ0n) is 9.26. The third-order valence-corrected chi connectivity index (χ3v) is 2.90. The van der Waals surface area contributed by atoms with E-state index < -0.39 is 11.6 Å². The van der Waals surface area contributed by atoms with Gasteiger partial charge in [-0.1, -0.05) is 31.2 Å². The molecule has 0 saturated carbocycles. The van der Waals surface area contributed by atoms with Gasteiger partial charge in [0.05, 0.1) is 0 Å². The molecule has 0 spiro atoms. The van der Waals surface area contributed by atoms with Crippen LogP contribution in [-0.2, 0) is 6.42 Å². The third-order valence-electron chi connectivity index (χ3n) is 2.90. The van der Waals surface area contributed by atoms with Gasteiger partial charge in [0.2, 0.25) is 0 Å². The van der Waals surface area contributed by atoms with E-state index in [0.717, 1.165) is 24.0 Å². The highest BCUT2D eigenvalue weighted by Gasteiger charge is 2.16. The second-order valence-corrected chi connectivity index (χ2v) is 3.91. The first-order chi connectivity index (χ1) is 7.74. The van der Waals surface area contributed by atoms with Crippen molar-refractivity contribution in [2.24, 2.45) is 0 Å². The first kappa shape index (κ1) is 11.1. The quantitative estimate of drug-likeness (QED) is 0.698. The summed E-state index contributed by atoms with van der Waals surface area (Å²) in [5, 5.41) is 0. The van der Waals surface area contributed by atoms with Crippen LogP contribution in [0.5, 0.6) is 0 Å². The van der Waals surface area contributed by atoms with Crippen molar-refractivity contribution >= 4 is 5.57 Å². The highest BCUT2D eigenvalue weighted by atomic mass is 19.2. The second-order valence-electron chi connectivity index (χ2n) is 3.91. The largest absolute Gasteiger partial charge is 0.204 e. The molecule has 0 fully saturated rings. The molecule has 16 heavy (non-hydrogen) atoms. The van der Waals surface area contributed by atoms with Crippen molar-refractivity contribution in [2.45, 2.75) is 26.2 Å². The molecule has 2 heteroatoms. The van der Waals surface area contributed by atoms with Gasteiger partial charge in [-0.15, -0.1) is 0 Å². The first-order valence-corrected chi connectivity index (χ1v) is 5.57. The Kier molecular flexibility index (Phi) is 3.18. The molecule has 0 aromatic heterocycles. The van der Waals surface area contributed by atoms with E-state index in [1.165, 1.54) is 6.07 Å². The van der Waals surface area contributed by atoms with E-state index in [2.05, 4.69) is 0 Å². The normalized spacial score (nSPS) is 15.1. The Morgan fingerprint density at radius 1 is 1.25 bits per heavy atom. The van der Waals surface area contributed by atoms with Crippen molar-refractivity contribution in [3.05, 3.63) is 53.1 Å². The summed E-state index contributed by atoms with van der Waals surface area (Å²) in [7, 11) is 0. The summed E-state index contributed by atoms with van der Waals surface area (Å²) in [6.07, 6.45) is 8.21. The molecule has 0 radical (unpaired) electrons. The average Bonchev–Trinajstić information content (AvgIpc) is 2.33. The Morgan fingerprint density at radius 3 is 2.69 bits per heavy atom. The highest BCUT2D eigenvalue weighted by Crippen LogP contribution is 2.30. The van der Waals surface area contributed by atoms with Gasteiger partial charge >= 0.3 is 0 Å².